The van der Waals surface area contributed by atoms with E-state index in [2.05, 4.69) is 45.8 Å². The van der Waals surface area contributed by atoms with Crippen LogP contribution < -0.4 is 16.0 Å². The number of carbonyl (C=O) groups is 1. The van der Waals surface area contributed by atoms with Crippen molar-refractivity contribution in [2.24, 2.45) is 10.4 Å². The predicted molar refractivity (Wildman–Crippen MR) is 133 cm³/mol. The van der Waals surface area contributed by atoms with Gasteiger partial charge in [0.1, 0.15) is 4.88 Å². The number of aryl methyl sites for hydroxylation is 1. The van der Waals surface area contributed by atoms with E-state index in [1.54, 1.807) is 12.6 Å². The van der Waals surface area contributed by atoms with Gasteiger partial charge in [-0.3, -0.25) is 9.79 Å². The number of nitrogens with zero attached hydrogens (tertiary/aromatic N) is 2. The van der Waals surface area contributed by atoms with E-state index in [1.807, 2.05) is 25.1 Å². The Morgan fingerprint density at radius 3 is 2.59 bits per heavy atom. The Kier molecular flexibility index (Phi) is 10.9. The summed E-state index contributed by atoms with van der Waals surface area (Å²) in [6, 6.07) is 7.96. The summed E-state index contributed by atoms with van der Waals surface area (Å²) in [5.41, 5.74) is 3.68. The molecule has 0 unspecified atom stereocenters. The number of hydrogen-bond acceptors (Lipinski definition) is 4. The molecule has 9 heteroatoms. The van der Waals surface area contributed by atoms with Gasteiger partial charge in [0, 0.05) is 31.7 Å². The summed E-state index contributed by atoms with van der Waals surface area (Å²) >= 11 is 7.43. The quantitative estimate of drug-likeness (QED) is 0.202. The lowest BCUT2D eigenvalue weighted by Gasteiger charge is -2.26. The lowest BCUT2D eigenvalue weighted by molar-refractivity contribution is 0.0957. The number of hydrogen-bond donors (Lipinski definition) is 3. The van der Waals surface area contributed by atoms with E-state index in [0.717, 1.165) is 23.7 Å². The van der Waals surface area contributed by atoms with Crippen LogP contribution >= 0.6 is 46.9 Å². The van der Waals surface area contributed by atoms with Crippen LogP contribution in [0.5, 0.6) is 0 Å². The van der Waals surface area contributed by atoms with E-state index in [0.29, 0.717) is 23.9 Å². The fourth-order valence-corrected chi connectivity index (χ4v) is 3.69. The van der Waals surface area contributed by atoms with Crippen molar-refractivity contribution in [2.75, 3.05) is 26.7 Å². The molecule has 1 heterocycles. The summed E-state index contributed by atoms with van der Waals surface area (Å²) in [6.45, 7) is 8.07. The number of thiazole rings is 1. The van der Waals surface area contributed by atoms with Gasteiger partial charge in [0.05, 0.1) is 11.2 Å². The minimum absolute atomic E-state index is 0. The van der Waals surface area contributed by atoms with Gasteiger partial charge < -0.3 is 16.0 Å². The van der Waals surface area contributed by atoms with Gasteiger partial charge >= 0.3 is 0 Å². The molecule has 0 saturated carbocycles. The van der Waals surface area contributed by atoms with Crippen LogP contribution in [0.3, 0.4) is 0 Å². The average Bonchev–Trinajstić information content (AvgIpc) is 3.06. The third-order valence-electron chi connectivity index (χ3n) is 4.18. The molecule has 0 aliphatic heterocycles. The van der Waals surface area contributed by atoms with Gasteiger partial charge in [0.2, 0.25) is 0 Å². The highest BCUT2D eigenvalue weighted by atomic mass is 127. The van der Waals surface area contributed by atoms with Crippen LogP contribution in [0.15, 0.2) is 34.8 Å². The molecule has 0 spiro atoms. The first kappa shape index (κ1) is 25.6. The maximum absolute atomic E-state index is 12.1. The Labute approximate surface area is 199 Å². The second-order valence-corrected chi connectivity index (χ2v) is 8.64. The number of guanidine groups is 1. The van der Waals surface area contributed by atoms with E-state index in [-0.39, 0.29) is 35.3 Å². The van der Waals surface area contributed by atoms with Crippen LogP contribution in [0.1, 0.15) is 34.8 Å². The molecule has 0 fully saturated rings. The van der Waals surface area contributed by atoms with Crippen molar-refractivity contribution < 1.29 is 4.79 Å². The van der Waals surface area contributed by atoms with Crippen molar-refractivity contribution in [2.45, 2.75) is 27.2 Å². The van der Waals surface area contributed by atoms with Crippen LogP contribution in [-0.2, 0) is 6.42 Å². The first-order valence-corrected chi connectivity index (χ1v) is 10.4. The van der Waals surface area contributed by atoms with Gasteiger partial charge in [-0.05, 0) is 36.5 Å². The number of carbonyl (C=O) groups excluding carboxylic acids is 1. The van der Waals surface area contributed by atoms with Crippen LogP contribution in [-0.4, -0.2) is 43.5 Å². The van der Waals surface area contributed by atoms with E-state index in [4.69, 9.17) is 11.6 Å². The van der Waals surface area contributed by atoms with E-state index >= 15 is 0 Å². The monoisotopic (exact) mass is 549 g/mol. The Hall–Kier alpha value is -1.39. The van der Waals surface area contributed by atoms with Crippen LogP contribution in [0.25, 0.3) is 0 Å². The van der Waals surface area contributed by atoms with E-state index < -0.39 is 0 Å². The highest BCUT2D eigenvalue weighted by molar-refractivity contribution is 14.0. The predicted octanol–water partition coefficient (Wildman–Crippen LogP) is 3.89. The molecule has 3 N–H and O–H groups in total. The van der Waals surface area contributed by atoms with Crippen LogP contribution in [0, 0.1) is 12.3 Å². The number of nitrogens with one attached hydrogen (secondary N) is 3. The first-order chi connectivity index (χ1) is 13.3. The molecule has 0 radical (unpaired) electrons. The minimum atomic E-state index is -0.0904. The Morgan fingerprint density at radius 1 is 1.24 bits per heavy atom. The van der Waals surface area contributed by atoms with Gasteiger partial charge in [-0.1, -0.05) is 37.6 Å². The number of halogens is 2. The first-order valence-electron chi connectivity index (χ1n) is 9.18. The SMILES string of the molecule is CN=C(NCCNC(=O)c1scnc1C)NCC(C)(C)Cc1cccc(Cl)c1.I. The summed E-state index contributed by atoms with van der Waals surface area (Å²) in [5.74, 6) is 0.620. The Balaban J connectivity index is 0.00000420. The molecule has 6 nitrogen and oxygen atoms in total. The van der Waals surface area contributed by atoms with E-state index in [1.165, 1.54) is 16.9 Å². The molecule has 0 atom stereocenters. The van der Waals surface area contributed by atoms with Gasteiger partial charge in [0.25, 0.3) is 5.91 Å². The number of aliphatic imine (C=N–C) groups is 1. The van der Waals surface area contributed by atoms with E-state index in [9.17, 15) is 4.79 Å². The topological polar surface area (TPSA) is 78.4 Å². The van der Waals surface area contributed by atoms with Gasteiger partial charge in [-0.25, -0.2) is 4.98 Å². The molecule has 160 valence electrons. The lowest BCUT2D eigenvalue weighted by Crippen LogP contribution is -2.45. The summed E-state index contributed by atoms with van der Waals surface area (Å²) < 4.78 is 0. The molecule has 29 heavy (non-hydrogen) atoms. The third kappa shape index (κ3) is 8.88. The maximum Gasteiger partial charge on any atom is 0.263 e. The summed E-state index contributed by atoms with van der Waals surface area (Å²) in [6.07, 6.45) is 0.905. The molecule has 0 saturated heterocycles. The van der Waals surface area contributed by atoms with Crippen molar-refractivity contribution in [1.29, 1.82) is 0 Å². The van der Waals surface area contributed by atoms with Gasteiger partial charge in [-0.15, -0.1) is 35.3 Å². The standard InChI is InChI=1S/C20H28ClN5OS.HI/c1-14-17(28-13-26-14)18(27)23-8-9-24-19(22-4)25-12-20(2,3)11-15-6-5-7-16(21)10-15;/h5-7,10,13H,8-9,11-12H2,1-4H3,(H,23,27)(H2,22,24,25);1H. The molecular weight excluding hydrogens is 521 g/mol. The largest absolute Gasteiger partial charge is 0.356 e. The van der Waals surface area contributed by atoms with Gasteiger partial charge in [0.15, 0.2) is 5.96 Å². The second-order valence-electron chi connectivity index (χ2n) is 7.35. The number of rotatable bonds is 8. The lowest BCUT2D eigenvalue weighted by atomic mass is 9.86. The second kappa shape index (κ2) is 12.3. The summed E-state index contributed by atoms with van der Waals surface area (Å²) in [7, 11) is 1.73. The zero-order valence-corrected chi connectivity index (χ0v) is 21.1. The summed E-state index contributed by atoms with van der Waals surface area (Å²) in [4.78, 5) is 21.1. The molecule has 1 aromatic heterocycles. The maximum atomic E-state index is 12.1. The number of amides is 1. The summed E-state index contributed by atoms with van der Waals surface area (Å²) in [5, 5.41) is 10.2. The molecule has 2 rings (SSSR count). The van der Waals surface area contributed by atoms with Gasteiger partial charge in [-0.2, -0.15) is 0 Å². The molecule has 2 aromatic rings. The Bertz CT molecular complexity index is 825. The zero-order chi connectivity index (χ0) is 20.6. The van der Waals surface area contributed by atoms with Crippen molar-refractivity contribution in [1.82, 2.24) is 20.9 Å². The smallest absolute Gasteiger partial charge is 0.263 e. The fourth-order valence-electron chi connectivity index (χ4n) is 2.76. The fraction of sp³-hybridized carbons (Fsp3) is 0.450. The zero-order valence-electron chi connectivity index (χ0n) is 17.2. The molecule has 0 aliphatic rings. The molecule has 1 amide bonds. The van der Waals surface area contributed by atoms with Crippen molar-refractivity contribution >= 4 is 58.8 Å². The molecule has 0 bridgehead atoms. The molecular formula is C20H29ClIN5OS. The normalized spacial score (nSPS) is 11.6. The highest BCUT2D eigenvalue weighted by Gasteiger charge is 2.19. The highest BCUT2D eigenvalue weighted by Crippen LogP contribution is 2.22. The van der Waals surface area contributed by atoms with Crippen molar-refractivity contribution in [3.05, 3.63) is 50.9 Å². The molecule has 1 aromatic carbocycles. The Morgan fingerprint density at radius 2 is 1.97 bits per heavy atom. The number of benzene rings is 1. The van der Waals surface area contributed by atoms with Crippen molar-refractivity contribution in [3.63, 3.8) is 0 Å². The minimum Gasteiger partial charge on any atom is -0.356 e. The van der Waals surface area contributed by atoms with Crippen LogP contribution in [0.4, 0.5) is 0 Å². The van der Waals surface area contributed by atoms with Crippen LogP contribution in [0.2, 0.25) is 5.02 Å². The average molecular weight is 550 g/mol. The number of aromatic nitrogens is 1. The van der Waals surface area contributed by atoms with Crippen molar-refractivity contribution in [3.8, 4) is 0 Å². The third-order valence-corrected chi connectivity index (χ3v) is 5.35. The molecule has 0 aliphatic carbocycles.